The van der Waals surface area contributed by atoms with Crippen LogP contribution in [-0.4, -0.2) is 34.7 Å². The lowest BCUT2D eigenvalue weighted by Gasteiger charge is -2.12. The minimum Gasteiger partial charge on any atom is -0.496 e. The molecule has 2 aromatic carbocycles. The summed E-state index contributed by atoms with van der Waals surface area (Å²) in [4.78, 5) is 1.11. The summed E-state index contributed by atoms with van der Waals surface area (Å²) in [7, 11) is 6.49. The average Bonchev–Trinajstić information content (AvgIpc) is 2.64. The summed E-state index contributed by atoms with van der Waals surface area (Å²) in [6.45, 7) is 0. The summed E-state index contributed by atoms with van der Waals surface area (Å²) in [6.07, 6.45) is 6.05. The second-order valence-corrected chi connectivity index (χ2v) is 5.75. The van der Waals surface area contributed by atoms with Gasteiger partial charge in [-0.2, -0.15) is 0 Å². The van der Waals surface area contributed by atoms with Crippen molar-refractivity contribution in [1.82, 2.24) is 0 Å². The molecule has 0 aliphatic carbocycles. The van der Waals surface area contributed by atoms with Crippen molar-refractivity contribution < 1.29 is 18.9 Å². The van der Waals surface area contributed by atoms with Gasteiger partial charge in [0.2, 0.25) is 5.75 Å². The standard InChI is InChI=1S/C19H22O4S/c1-20-15-10-13(8-9-18(15)24-5)6-7-14-11-16(21-2)19(23-4)17(12-14)22-3/h6-12H,1-5H3/b7-6-. The molecule has 0 heterocycles. The van der Waals surface area contributed by atoms with Crippen LogP contribution in [0.5, 0.6) is 23.0 Å². The van der Waals surface area contributed by atoms with E-state index in [9.17, 15) is 0 Å². The van der Waals surface area contributed by atoms with E-state index in [1.165, 1.54) is 0 Å². The van der Waals surface area contributed by atoms with Crippen LogP contribution in [0.1, 0.15) is 11.1 Å². The van der Waals surface area contributed by atoms with Gasteiger partial charge < -0.3 is 18.9 Å². The van der Waals surface area contributed by atoms with Gasteiger partial charge in [0.05, 0.1) is 28.4 Å². The molecule has 24 heavy (non-hydrogen) atoms. The van der Waals surface area contributed by atoms with Gasteiger partial charge in [0.25, 0.3) is 0 Å². The zero-order valence-electron chi connectivity index (χ0n) is 14.6. The molecule has 0 N–H and O–H groups in total. The van der Waals surface area contributed by atoms with E-state index in [1.807, 2.05) is 36.6 Å². The van der Waals surface area contributed by atoms with E-state index in [1.54, 1.807) is 40.2 Å². The van der Waals surface area contributed by atoms with E-state index >= 15 is 0 Å². The lowest BCUT2D eigenvalue weighted by atomic mass is 10.1. The fourth-order valence-corrected chi connectivity index (χ4v) is 2.89. The van der Waals surface area contributed by atoms with E-state index in [0.717, 1.165) is 21.8 Å². The highest BCUT2D eigenvalue weighted by Crippen LogP contribution is 2.38. The van der Waals surface area contributed by atoms with Gasteiger partial charge >= 0.3 is 0 Å². The smallest absolute Gasteiger partial charge is 0.203 e. The van der Waals surface area contributed by atoms with Crippen LogP contribution in [0.3, 0.4) is 0 Å². The predicted molar refractivity (Wildman–Crippen MR) is 99.8 cm³/mol. The van der Waals surface area contributed by atoms with Crippen LogP contribution < -0.4 is 18.9 Å². The zero-order valence-corrected chi connectivity index (χ0v) is 15.4. The summed E-state index contributed by atoms with van der Waals surface area (Å²) >= 11 is 1.66. The van der Waals surface area contributed by atoms with Crippen molar-refractivity contribution in [3.05, 3.63) is 41.5 Å². The maximum absolute atomic E-state index is 5.42. The topological polar surface area (TPSA) is 36.9 Å². The molecule has 0 saturated carbocycles. The molecular formula is C19H22O4S. The van der Waals surface area contributed by atoms with Crippen LogP contribution >= 0.6 is 11.8 Å². The molecule has 0 aliphatic heterocycles. The second-order valence-electron chi connectivity index (χ2n) is 4.91. The maximum atomic E-state index is 5.42. The summed E-state index contributed by atoms with van der Waals surface area (Å²) in [5.74, 6) is 2.72. The Morgan fingerprint density at radius 2 is 1.25 bits per heavy atom. The summed E-state index contributed by atoms with van der Waals surface area (Å²) in [5, 5.41) is 0. The molecule has 2 rings (SSSR count). The van der Waals surface area contributed by atoms with Crippen LogP contribution in [0.25, 0.3) is 12.2 Å². The first-order chi connectivity index (χ1) is 11.7. The number of methoxy groups -OCH3 is 4. The molecule has 0 aliphatic rings. The summed E-state index contributed by atoms with van der Waals surface area (Å²) < 4.78 is 21.5. The van der Waals surface area contributed by atoms with Crippen molar-refractivity contribution in [2.45, 2.75) is 4.90 Å². The van der Waals surface area contributed by atoms with Crippen LogP contribution in [0, 0.1) is 0 Å². The molecule has 0 saturated heterocycles. The number of thioether (sulfide) groups is 1. The molecule has 0 fully saturated rings. The Hall–Kier alpha value is -2.27. The molecule has 0 radical (unpaired) electrons. The average molecular weight is 346 g/mol. The molecule has 0 amide bonds. The minimum atomic E-state index is 0.586. The molecular weight excluding hydrogens is 324 g/mol. The van der Waals surface area contributed by atoms with Crippen molar-refractivity contribution in [3.63, 3.8) is 0 Å². The van der Waals surface area contributed by atoms with E-state index < -0.39 is 0 Å². The van der Waals surface area contributed by atoms with Gasteiger partial charge in [0.15, 0.2) is 11.5 Å². The maximum Gasteiger partial charge on any atom is 0.203 e. The quantitative estimate of drug-likeness (QED) is 0.540. The lowest BCUT2D eigenvalue weighted by molar-refractivity contribution is 0.324. The highest BCUT2D eigenvalue weighted by Gasteiger charge is 2.12. The minimum absolute atomic E-state index is 0.586. The van der Waals surface area contributed by atoms with Crippen molar-refractivity contribution in [3.8, 4) is 23.0 Å². The normalized spacial score (nSPS) is 10.7. The molecule has 0 unspecified atom stereocenters. The van der Waals surface area contributed by atoms with Gasteiger partial charge in [-0.05, 0) is 41.6 Å². The van der Waals surface area contributed by atoms with Gasteiger partial charge in [0.1, 0.15) is 5.75 Å². The molecule has 0 atom stereocenters. The Labute approximate surface area is 147 Å². The zero-order chi connectivity index (χ0) is 17.5. The monoisotopic (exact) mass is 346 g/mol. The Kier molecular flexibility index (Phi) is 6.44. The fourth-order valence-electron chi connectivity index (χ4n) is 2.35. The van der Waals surface area contributed by atoms with E-state index in [2.05, 4.69) is 12.1 Å². The Morgan fingerprint density at radius 3 is 1.75 bits per heavy atom. The van der Waals surface area contributed by atoms with Gasteiger partial charge in [-0.1, -0.05) is 18.2 Å². The first kappa shape index (κ1) is 18.1. The Balaban J connectivity index is 2.35. The third-order valence-electron chi connectivity index (χ3n) is 3.56. The molecule has 5 heteroatoms. The van der Waals surface area contributed by atoms with Crippen LogP contribution in [0.15, 0.2) is 35.2 Å². The van der Waals surface area contributed by atoms with E-state index in [4.69, 9.17) is 18.9 Å². The van der Waals surface area contributed by atoms with Crippen molar-refractivity contribution >= 4 is 23.9 Å². The molecule has 128 valence electrons. The van der Waals surface area contributed by atoms with Gasteiger partial charge in [-0.25, -0.2) is 0 Å². The Morgan fingerprint density at radius 1 is 0.708 bits per heavy atom. The van der Waals surface area contributed by atoms with Crippen LogP contribution in [-0.2, 0) is 0 Å². The second kappa shape index (κ2) is 8.55. The molecule has 4 nitrogen and oxygen atoms in total. The highest BCUT2D eigenvalue weighted by molar-refractivity contribution is 7.98. The molecule has 0 bridgehead atoms. The van der Waals surface area contributed by atoms with Gasteiger partial charge in [0, 0.05) is 4.90 Å². The number of rotatable bonds is 7. The summed E-state index contributed by atoms with van der Waals surface area (Å²) in [6, 6.07) is 9.94. The van der Waals surface area contributed by atoms with Crippen LogP contribution in [0.2, 0.25) is 0 Å². The first-order valence-electron chi connectivity index (χ1n) is 7.37. The lowest BCUT2D eigenvalue weighted by Crippen LogP contribution is -1.95. The Bertz CT molecular complexity index is 700. The fraction of sp³-hybridized carbons (Fsp3) is 0.263. The number of ether oxygens (including phenoxy) is 4. The van der Waals surface area contributed by atoms with Crippen molar-refractivity contribution in [1.29, 1.82) is 0 Å². The third kappa shape index (κ3) is 3.97. The van der Waals surface area contributed by atoms with Crippen molar-refractivity contribution in [2.75, 3.05) is 34.7 Å². The molecule has 0 spiro atoms. The number of benzene rings is 2. The van der Waals surface area contributed by atoms with Crippen molar-refractivity contribution in [2.24, 2.45) is 0 Å². The SMILES string of the molecule is COc1cc(/C=C\c2cc(OC)c(OC)c(OC)c2)ccc1SC. The van der Waals surface area contributed by atoms with Gasteiger partial charge in [-0.3, -0.25) is 0 Å². The van der Waals surface area contributed by atoms with Crippen LogP contribution in [0.4, 0.5) is 0 Å². The first-order valence-corrected chi connectivity index (χ1v) is 8.59. The van der Waals surface area contributed by atoms with Gasteiger partial charge in [-0.15, -0.1) is 11.8 Å². The third-order valence-corrected chi connectivity index (χ3v) is 4.34. The summed E-state index contributed by atoms with van der Waals surface area (Å²) in [5.41, 5.74) is 2.01. The highest BCUT2D eigenvalue weighted by atomic mass is 32.2. The molecule has 2 aromatic rings. The van der Waals surface area contributed by atoms with E-state index in [0.29, 0.717) is 17.2 Å². The largest absolute Gasteiger partial charge is 0.496 e. The number of hydrogen-bond donors (Lipinski definition) is 0. The molecule has 0 aromatic heterocycles. The van der Waals surface area contributed by atoms with E-state index in [-0.39, 0.29) is 0 Å². The number of hydrogen-bond acceptors (Lipinski definition) is 5. The predicted octanol–water partition coefficient (Wildman–Crippen LogP) is 4.61.